The number of methoxy groups -OCH3 is 1. The molecule has 1 atom stereocenters. The smallest absolute Gasteiger partial charge is 0.328 e. The number of aliphatic carboxylic acids is 1. The summed E-state index contributed by atoms with van der Waals surface area (Å²) in [5.74, 6) is -1.29. The number of nitrogens with one attached hydrogen (secondary N) is 1. The van der Waals surface area contributed by atoms with E-state index < -0.39 is 17.9 Å². The molecule has 1 amide bonds. The third-order valence-corrected chi connectivity index (χ3v) is 4.81. The van der Waals surface area contributed by atoms with E-state index in [0.717, 1.165) is 4.88 Å². The lowest BCUT2D eigenvalue weighted by Crippen LogP contribution is -2.43. The first-order valence-electron chi connectivity index (χ1n) is 5.97. The Morgan fingerprint density at radius 3 is 2.76 bits per heavy atom. The van der Waals surface area contributed by atoms with Gasteiger partial charge in [0.2, 0.25) is 0 Å². The van der Waals surface area contributed by atoms with E-state index in [-0.39, 0.29) is 13.2 Å². The molecular formula is C13H16BrNO5S. The Hall–Kier alpha value is -1.38. The molecule has 1 unspecified atom stereocenters. The standard InChI is InChI=1S/C13H16BrNO5S/c1-4-5-20-6-8(13(17)18)15-12(16)11-10(19-3)9(14)7(2)21-11/h4,8H,1,5-6H2,2-3H3,(H,15,16)(H,17,18). The van der Waals surface area contributed by atoms with Gasteiger partial charge in [0.05, 0.1) is 24.8 Å². The molecule has 0 saturated heterocycles. The van der Waals surface area contributed by atoms with Gasteiger partial charge in [0.15, 0.2) is 11.8 Å². The summed E-state index contributed by atoms with van der Waals surface area (Å²) in [6.07, 6.45) is 1.50. The zero-order chi connectivity index (χ0) is 16.0. The van der Waals surface area contributed by atoms with Crippen molar-refractivity contribution in [3.63, 3.8) is 0 Å². The second kappa shape index (κ2) is 8.16. The number of aryl methyl sites for hydroxylation is 1. The fourth-order valence-corrected chi connectivity index (χ4v) is 3.16. The highest BCUT2D eigenvalue weighted by Gasteiger charge is 2.26. The molecule has 2 N–H and O–H groups in total. The monoisotopic (exact) mass is 377 g/mol. The fourth-order valence-electron chi connectivity index (χ4n) is 1.50. The molecular weight excluding hydrogens is 362 g/mol. The molecule has 0 spiro atoms. The lowest BCUT2D eigenvalue weighted by molar-refractivity contribution is -0.140. The van der Waals surface area contributed by atoms with Crippen molar-refractivity contribution < 1.29 is 24.2 Å². The van der Waals surface area contributed by atoms with Crippen LogP contribution in [0.3, 0.4) is 0 Å². The van der Waals surface area contributed by atoms with Gasteiger partial charge in [-0.3, -0.25) is 4.79 Å². The van der Waals surface area contributed by atoms with Gasteiger partial charge >= 0.3 is 5.97 Å². The molecule has 0 aliphatic carbocycles. The Balaban J connectivity index is 2.84. The largest absolute Gasteiger partial charge is 0.494 e. The minimum absolute atomic E-state index is 0.138. The second-order valence-corrected chi connectivity index (χ2v) is 6.04. The molecule has 0 aliphatic rings. The number of hydrogen-bond donors (Lipinski definition) is 2. The van der Waals surface area contributed by atoms with Crippen LogP contribution < -0.4 is 10.1 Å². The van der Waals surface area contributed by atoms with E-state index in [1.165, 1.54) is 24.5 Å². The Kier molecular flexibility index (Phi) is 6.86. The lowest BCUT2D eigenvalue weighted by Gasteiger charge is -2.14. The Morgan fingerprint density at radius 1 is 1.57 bits per heavy atom. The van der Waals surface area contributed by atoms with E-state index in [0.29, 0.717) is 15.1 Å². The van der Waals surface area contributed by atoms with Crippen molar-refractivity contribution in [1.82, 2.24) is 5.32 Å². The minimum Gasteiger partial charge on any atom is -0.494 e. The van der Waals surface area contributed by atoms with Crippen LogP contribution in [0.15, 0.2) is 17.1 Å². The van der Waals surface area contributed by atoms with Crippen LogP contribution >= 0.6 is 27.3 Å². The number of hydrogen-bond acceptors (Lipinski definition) is 5. The number of ether oxygens (including phenoxy) is 2. The molecule has 6 nitrogen and oxygen atoms in total. The Labute approximate surface area is 134 Å². The second-order valence-electron chi connectivity index (χ2n) is 4.03. The maximum absolute atomic E-state index is 12.2. The van der Waals surface area contributed by atoms with Crippen LogP contribution in [0, 0.1) is 6.92 Å². The van der Waals surface area contributed by atoms with Crippen molar-refractivity contribution in [2.45, 2.75) is 13.0 Å². The SMILES string of the molecule is C=CCOCC(NC(=O)c1sc(C)c(Br)c1OC)C(=O)O. The van der Waals surface area contributed by atoms with Gasteiger partial charge in [-0.15, -0.1) is 17.9 Å². The Bertz CT molecular complexity index is 543. The van der Waals surface area contributed by atoms with Crippen molar-refractivity contribution in [3.05, 3.63) is 26.9 Å². The quantitative estimate of drug-likeness (QED) is 0.535. The highest BCUT2D eigenvalue weighted by Crippen LogP contribution is 2.38. The fraction of sp³-hybridized carbons (Fsp3) is 0.385. The lowest BCUT2D eigenvalue weighted by atomic mass is 10.3. The van der Waals surface area contributed by atoms with Crippen LogP contribution in [-0.4, -0.2) is 43.3 Å². The van der Waals surface area contributed by atoms with Gasteiger partial charge in [0.25, 0.3) is 5.91 Å². The van der Waals surface area contributed by atoms with Gasteiger partial charge in [-0.05, 0) is 22.9 Å². The molecule has 0 bridgehead atoms. The summed E-state index contributed by atoms with van der Waals surface area (Å²) in [7, 11) is 1.45. The van der Waals surface area contributed by atoms with Crippen molar-refractivity contribution in [3.8, 4) is 5.75 Å². The topological polar surface area (TPSA) is 84.9 Å². The molecule has 1 heterocycles. The molecule has 21 heavy (non-hydrogen) atoms. The summed E-state index contributed by atoms with van der Waals surface area (Å²) < 4.78 is 10.9. The van der Waals surface area contributed by atoms with E-state index in [1.807, 2.05) is 6.92 Å². The van der Waals surface area contributed by atoms with Crippen LogP contribution in [0.5, 0.6) is 5.75 Å². The summed E-state index contributed by atoms with van der Waals surface area (Å²) in [5, 5.41) is 11.5. The predicted octanol–water partition coefficient (Wildman–Crippen LogP) is 2.21. The maximum Gasteiger partial charge on any atom is 0.328 e. The summed E-state index contributed by atoms with van der Waals surface area (Å²) in [5.41, 5.74) is 0. The van der Waals surface area contributed by atoms with E-state index in [9.17, 15) is 9.59 Å². The molecule has 1 rings (SSSR count). The van der Waals surface area contributed by atoms with E-state index >= 15 is 0 Å². The van der Waals surface area contributed by atoms with E-state index in [2.05, 4.69) is 27.8 Å². The third kappa shape index (κ3) is 4.55. The molecule has 0 aromatic carbocycles. The van der Waals surface area contributed by atoms with Crippen LogP contribution in [-0.2, 0) is 9.53 Å². The highest BCUT2D eigenvalue weighted by atomic mass is 79.9. The third-order valence-electron chi connectivity index (χ3n) is 2.50. The first-order chi connectivity index (χ1) is 9.92. The summed E-state index contributed by atoms with van der Waals surface area (Å²) in [4.78, 5) is 24.5. The first kappa shape index (κ1) is 17.7. The van der Waals surface area contributed by atoms with Crippen LogP contribution in [0.25, 0.3) is 0 Å². The van der Waals surface area contributed by atoms with Gasteiger partial charge in [-0.2, -0.15) is 0 Å². The molecule has 0 saturated carbocycles. The van der Waals surface area contributed by atoms with E-state index in [1.54, 1.807) is 0 Å². The van der Waals surface area contributed by atoms with Gasteiger partial charge in [-0.25, -0.2) is 4.79 Å². The zero-order valence-corrected chi connectivity index (χ0v) is 14.0. The number of carbonyl (C=O) groups is 2. The molecule has 8 heteroatoms. The van der Waals surface area contributed by atoms with Crippen LogP contribution in [0.2, 0.25) is 0 Å². The number of amides is 1. The average molecular weight is 378 g/mol. The molecule has 0 radical (unpaired) electrons. The average Bonchev–Trinajstić information content (AvgIpc) is 2.73. The number of carboxylic acids is 1. The Morgan fingerprint density at radius 2 is 2.24 bits per heavy atom. The number of thiophene rings is 1. The molecule has 1 aromatic heterocycles. The van der Waals surface area contributed by atoms with Crippen LogP contribution in [0.4, 0.5) is 0 Å². The highest BCUT2D eigenvalue weighted by molar-refractivity contribution is 9.10. The number of halogens is 1. The van der Waals surface area contributed by atoms with Gasteiger partial charge in [-0.1, -0.05) is 6.08 Å². The summed E-state index contributed by atoms with van der Waals surface area (Å²) in [6.45, 7) is 5.37. The van der Waals surface area contributed by atoms with Gasteiger partial charge in [0, 0.05) is 4.88 Å². The van der Waals surface area contributed by atoms with E-state index in [4.69, 9.17) is 14.6 Å². The molecule has 0 aliphatic heterocycles. The normalized spacial score (nSPS) is 11.8. The van der Waals surface area contributed by atoms with Crippen LogP contribution in [0.1, 0.15) is 14.5 Å². The van der Waals surface area contributed by atoms with Crippen molar-refractivity contribution in [2.75, 3.05) is 20.3 Å². The summed E-state index contributed by atoms with van der Waals surface area (Å²) >= 11 is 4.55. The molecule has 0 fully saturated rings. The van der Waals surface area contributed by atoms with Crippen molar-refractivity contribution >= 4 is 39.1 Å². The first-order valence-corrected chi connectivity index (χ1v) is 7.58. The zero-order valence-electron chi connectivity index (χ0n) is 11.6. The number of carbonyl (C=O) groups excluding carboxylic acids is 1. The number of rotatable bonds is 8. The van der Waals surface area contributed by atoms with Crippen molar-refractivity contribution in [2.24, 2.45) is 0 Å². The molecule has 116 valence electrons. The predicted molar refractivity (Wildman–Crippen MR) is 83.2 cm³/mol. The van der Waals surface area contributed by atoms with Crippen molar-refractivity contribution in [1.29, 1.82) is 0 Å². The van der Waals surface area contributed by atoms with Gasteiger partial charge in [0.1, 0.15) is 4.88 Å². The molecule has 1 aromatic rings. The maximum atomic E-state index is 12.2. The van der Waals surface area contributed by atoms with Gasteiger partial charge < -0.3 is 19.9 Å². The minimum atomic E-state index is -1.17. The number of carboxylic acid groups (broad SMARTS) is 1. The summed E-state index contributed by atoms with van der Waals surface area (Å²) in [6, 6.07) is -1.14.